The van der Waals surface area contributed by atoms with Crippen LogP contribution in [0.5, 0.6) is 5.75 Å². The molecule has 3 heteroatoms. The Hall–Kier alpha value is -0.730. The van der Waals surface area contributed by atoms with Crippen LogP contribution in [0.25, 0.3) is 0 Å². The lowest BCUT2D eigenvalue weighted by atomic mass is 9.94. The average molecular weight is 284 g/mol. The molecule has 0 saturated carbocycles. The van der Waals surface area contributed by atoms with Gasteiger partial charge in [0, 0.05) is 17.0 Å². The molecular formula is C16H26ClNO. The quantitative estimate of drug-likeness (QED) is 0.806. The first-order valence-electron chi connectivity index (χ1n) is 6.90. The monoisotopic (exact) mass is 283 g/mol. The maximum Gasteiger partial charge on any atom is 0.119 e. The molecule has 0 fully saturated rings. The molecule has 0 saturated heterocycles. The number of ether oxygens (including phenoxy) is 1. The van der Waals surface area contributed by atoms with Gasteiger partial charge in [-0.1, -0.05) is 39.3 Å². The van der Waals surface area contributed by atoms with Crippen LogP contribution < -0.4 is 10.1 Å². The summed E-state index contributed by atoms with van der Waals surface area (Å²) >= 11 is 6.00. The topological polar surface area (TPSA) is 21.3 Å². The molecule has 1 N–H and O–H groups in total. The highest BCUT2D eigenvalue weighted by atomic mass is 35.5. The lowest BCUT2D eigenvalue weighted by Gasteiger charge is -2.26. The molecule has 1 rings (SSSR count). The first kappa shape index (κ1) is 16.3. The van der Waals surface area contributed by atoms with Crippen LogP contribution in [0.3, 0.4) is 0 Å². The van der Waals surface area contributed by atoms with Gasteiger partial charge in [-0.15, -0.1) is 0 Å². The molecule has 0 bridgehead atoms. The minimum absolute atomic E-state index is 0.114. The zero-order chi connectivity index (χ0) is 14.5. The van der Waals surface area contributed by atoms with Crippen molar-refractivity contribution in [3.8, 4) is 5.75 Å². The zero-order valence-electron chi connectivity index (χ0n) is 12.7. The molecule has 0 atom stereocenters. The normalized spacial score (nSPS) is 11.9. The van der Waals surface area contributed by atoms with E-state index in [0.29, 0.717) is 12.5 Å². The minimum Gasteiger partial charge on any atom is -0.493 e. The van der Waals surface area contributed by atoms with Gasteiger partial charge in [-0.3, -0.25) is 0 Å². The Morgan fingerprint density at radius 3 is 2.58 bits per heavy atom. The van der Waals surface area contributed by atoms with Crippen molar-refractivity contribution in [2.75, 3.05) is 19.7 Å². The fourth-order valence-electron chi connectivity index (χ4n) is 1.74. The maximum atomic E-state index is 6.00. The van der Waals surface area contributed by atoms with Crippen LogP contribution in [0.2, 0.25) is 5.02 Å². The first-order valence-corrected chi connectivity index (χ1v) is 7.27. The molecule has 0 aliphatic rings. The SMILES string of the molecule is Cc1cc(OCC(C)(C)CNCC(C)C)ccc1Cl. The van der Waals surface area contributed by atoms with E-state index in [4.69, 9.17) is 16.3 Å². The largest absolute Gasteiger partial charge is 0.493 e. The van der Waals surface area contributed by atoms with E-state index in [1.807, 2.05) is 25.1 Å². The molecule has 0 radical (unpaired) electrons. The van der Waals surface area contributed by atoms with Gasteiger partial charge in [0.1, 0.15) is 5.75 Å². The summed E-state index contributed by atoms with van der Waals surface area (Å²) in [5.74, 6) is 1.56. The molecule has 0 heterocycles. The second kappa shape index (κ2) is 7.16. The van der Waals surface area contributed by atoms with Crippen molar-refractivity contribution in [3.63, 3.8) is 0 Å². The lowest BCUT2D eigenvalue weighted by Crippen LogP contribution is -2.35. The fourth-order valence-corrected chi connectivity index (χ4v) is 1.85. The van der Waals surface area contributed by atoms with Crippen LogP contribution in [0, 0.1) is 18.3 Å². The molecule has 0 spiro atoms. The summed E-state index contributed by atoms with van der Waals surface area (Å²) in [6, 6.07) is 5.79. The second-order valence-electron chi connectivity index (χ2n) is 6.39. The predicted octanol–water partition coefficient (Wildman–Crippen LogP) is 4.30. The van der Waals surface area contributed by atoms with Crippen LogP contribution >= 0.6 is 11.6 Å². The third-order valence-electron chi connectivity index (χ3n) is 2.92. The Labute approximate surface area is 122 Å². The average Bonchev–Trinajstić information content (AvgIpc) is 2.30. The van der Waals surface area contributed by atoms with Crippen LogP contribution in [0.4, 0.5) is 0 Å². The predicted molar refractivity (Wildman–Crippen MR) is 83.2 cm³/mol. The summed E-state index contributed by atoms with van der Waals surface area (Å²) in [4.78, 5) is 0. The van der Waals surface area contributed by atoms with Crippen LogP contribution in [0.15, 0.2) is 18.2 Å². The summed E-state index contributed by atoms with van der Waals surface area (Å²) in [5, 5.41) is 4.26. The van der Waals surface area contributed by atoms with Crippen molar-refractivity contribution >= 4 is 11.6 Å². The highest BCUT2D eigenvalue weighted by Crippen LogP contribution is 2.23. The highest BCUT2D eigenvalue weighted by molar-refractivity contribution is 6.31. The van der Waals surface area contributed by atoms with E-state index in [1.54, 1.807) is 0 Å². The Morgan fingerprint density at radius 2 is 2.00 bits per heavy atom. The maximum absolute atomic E-state index is 6.00. The van der Waals surface area contributed by atoms with Gasteiger partial charge in [-0.2, -0.15) is 0 Å². The van der Waals surface area contributed by atoms with Crippen molar-refractivity contribution in [2.45, 2.75) is 34.6 Å². The number of hydrogen-bond acceptors (Lipinski definition) is 2. The van der Waals surface area contributed by atoms with E-state index < -0.39 is 0 Å². The van der Waals surface area contributed by atoms with Gasteiger partial charge in [0.2, 0.25) is 0 Å². The van der Waals surface area contributed by atoms with Crippen molar-refractivity contribution < 1.29 is 4.74 Å². The number of rotatable bonds is 7. The van der Waals surface area contributed by atoms with E-state index in [-0.39, 0.29) is 5.41 Å². The third kappa shape index (κ3) is 6.31. The van der Waals surface area contributed by atoms with E-state index in [1.165, 1.54) is 0 Å². The molecule has 108 valence electrons. The second-order valence-corrected chi connectivity index (χ2v) is 6.80. The molecular weight excluding hydrogens is 258 g/mol. The van der Waals surface area contributed by atoms with Crippen LogP contribution in [-0.4, -0.2) is 19.7 Å². The fraction of sp³-hybridized carbons (Fsp3) is 0.625. The number of aryl methyl sites for hydroxylation is 1. The van der Waals surface area contributed by atoms with Crippen molar-refractivity contribution in [3.05, 3.63) is 28.8 Å². The van der Waals surface area contributed by atoms with Gasteiger partial charge in [-0.25, -0.2) is 0 Å². The highest BCUT2D eigenvalue weighted by Gasteiger charge is 2.18. The van der Waals surface area contributed by atoms with Gasteiger partial charge in [0.25, 0.3) is 0 Å². The molecule has 0 aromatic heterocycles. The molecule has 2 nitrogen and oxygen atoms in total. The van der Waals surface area contributed by atoms with E-state index in [9.17, 15) is 0 Å². The Bertz CT molecular complexity index is 402. The van der Waals surface area contributed by atoms with Crippen LogP contribution in [0.1, 0.15) is 33.3 Å². The molecule has 0 aliphatic carbocycles. The van der Waals surface area contributed by atoms with E-state index in [0.717, 1.165) is 29.4 Å². The molecule has 0 amide bonds. The van der Waals surface area contributed by atoms with Crippen molar-refractivity contribution in [1.82, 2.24) is 5.32 Å². The summed E-state index contributed by atoms with van der Waals surface area (Å²) in [6.07, 6.45) is 0. The number of nitrogens with one attached hydrogen (secondary N) is 1. The van der Waals surface area contributed by atoms with E-state index in [2.05, 4.69) is 33.0 Å². The third-order valence-corrected chi connectivity index (χ3v) is 3.34. The van der Waals surface area contributed by atoms with Gasteiger partial charge in [-0.05, 0) is 43.1 Å². The Morgan fingerprint density at radius 1 is 1.32 bits per heavy atom. The summed E-state index contributed by atoms with van der Waals surface area (Å²) in [7, 11) is 0. The molecule has 0 aliphatic heterocycles. The Balaban J connectivity index is 2.43. The van der Waals surface area contributed by atoms with Crippen molar-refractivity contribution in [2.24, 2.45) is 11.3 Å². The smallest absolute Gasteiger partial charge is 0.119 e. The first-order chi connectivity index (χ1) is 8.80. The van der Waals surface area contributed by atoms with Gasteiger partial charge >= 0.3 is 0 Å². The number of halogens is 1. The standard InChI is InChI=1S/C16H26ClNO/c1-12(2)9-18-10-16(4,5)11-19-14-6-7-15(17)13(3)8-14/h6-8,12,18H,9-11H2,1-5H3. The van der Waals surface area contributed by atoms with Crippen LogP contribution in [-0.2, 0) is 0 Å². The molecule has 19 heavy (non-hydrogen) atoms. The molecule has 1 aromatic rings. The summed E-state index contributed by atoms with van der Waals surface area (Å²) in [5.41, 5.74) is 1.16. The summed E-state index contributed by atoms with van der Waals surface area (Å²) < 4.78 is 5.87. The van der Waals surface area contributed by atoms with Crippen molar-refractivity contribution in [1.29, 1.82) is 0 Å². The molecule has 0 unspecified atom stereocenters. The number of benzene rings is 1. The van der Waals surface area contributed by atoms with Gasteiger partial charge < -0.3 is 10.1 Å². The lowest BCUT2D eigenvalue weighted by molar-refractivity contribution is 0.175. The molecule has 1 aromatic carbocycles. The van der Waals surface area contributed by atoms with Gasteiger partial charge in [0.15, 0.2) is 0 Å². The minimum atomic E-state index is 0.114. The zero-order valence-corrected chi connectivity index (χ0v) is 13.5. The summed E-state index contributed by atoms with van der Waals surface area (Å²) in [6.45, 7) is 13.5. The van der Waals surface area contributed by atoms with Gasteiger partial charge in [0.05, 0.1) is 6.61 Å². The van der Waals surface area contributed by atoms with E-state index >= 15 is 0 Å². The Kier molecular flexibility index (Phi) is 6.15. The number of hydrogen-bond donors (Lipinski definition) is 1.